The molecule has 6 heteroatoms. The normalized spacial score (nSPS) is 14.6. The number of para-hydroxylation sites is 3. The Morgan fingerprint density at radius 1 is 0.931 bits per heavy atom. The third kappa shape index (κ3) is 4.84. The summed E-state index contributed by atoms with van der Waals surface area (Å²) in [5, 5.41) is 3.42. The minimum Gasteiger partial charge on any atom is -0.455 e. The van der Waals surface area contributed by atoms with Gasteiger partial charge in [-0.1, -0.05) is 37.3 Å². The lowest BCUT2D eigenvalue weighted by molar-refractivity contribution is 0.270. The molecule has 0 amide bonds. The zero-order valence-electron chi connectivity index (χ0n) is 17.0. The lowest BCUT2D eigenvalue weighted by Crippen LogP contribution is -2.46. The van der Waals surface area contributed by atoms with Crippen molar-refractivity contribution in [1.82, 2.24) is 14.9 Å². The van der Waals surface area contributed by atoms with E-state index in [-0.39, 0.29) is 0 Å². The van der Waals surface area contributed by atoms with Gasteiger partial charge in [0, 0.05) is 32.2 Å². The molecule has 0 spiro atoms. The highest BCUT2D eigenvalue weighted by Crippen LogP contribution is 2.31. The molecule has 0 radical (unpaired) electrons. The molecule has 4 rings (SSSR count). The van der Waals surface area contributed by atoms with Gasteiger partial charge >= 0.3 is 0 Å². The summed E-state index contributed by atoms with van der Waals surface area (Å²) in [6, 6.07) is 19.7. The Bertz CT molecular complexity index is 939. The first kappa shape index (κ1) is 19.2. The first-order valence-electron chi connectivity index (χ1n) is 10.1. The number of piperazine rings is 1. The van der Waals surface area contributed by atoms with E-state index in [9.17, 15) is 0 Å². The van der Waals surface area contributed by atoms with E-state index in [1.54, 1.807) is 0 Å². The Balaban J connectivity index is 1.54. The molecule has 2 heterocycles. The van der Waals surface area contributed by atoms with E-state index in [1.807, 2.05) is 67.6 Å². The summed E-state index contributed by atoms with van der Waals surface area (Å²) in [7, 11) is 0. The third-order valence-corrected chi connectivity index (χ3v) is 5.09. The molecule has 0 aliphatic carbocycles. The summed E-state index contributed by atoms with van der Waals surface area (Å²) in [4.78, 5) is 14.0. The van der Waals surface area contributed by atoms with E-state index in [2.05, 4.69) is 32.0 Å². The summed E-state index contributed by atoms with van der Waals surface area (Å²) in [5.41, 5.74) is 0.871. The van der Waals surface area contributed by atoms with Gasteiger partial charge in [-0.15, -0.1) is 0 Å². The van der Waals surface area contributed by atoms with E-state index < -0.39 is 0 Å². The maximum absolute atomic E-state index is 6.06. The first-order valence-corrected chi connectivity index (χ1v) is 10.1. The molecule has 1 aromatic heterocycles. The van der Waals surface area contributed by atoms with Gasteiger partial charge < -0.3 is 19.9 Å². The highest BCUT2D eigenvalue weighted by atomic mass is 16.5. The molecule has 0 bridgehead atoms. The standard InChI is InChI=1S/C23H27N5O/c1-3-27-13-15-28(16-14-27)23-17-22(24-18(2)25-23)26-20-11-7-8-12-21(20)29-19-9-5-4-6-10-19/h4-12,17H,3,13-16H2,1-2H3,(H,24,25,26). The Morgan fingerprint density at radius 2 is 1.66 bits per heavy atom. The van der Waals surface area contributed by atoms with Crippen LogP contribution in [-0.4, -0.2) is 47.6 Å². The predicted octanol–water partition coefficient (Wildman–Crippen LogP) is 4.46. The van der Waals surface area contributed by atoms with Gasteiger partial charge in [-0.25, -0.2) is 9.97 Å². The minimum atomic E-state index is 0.754. The van der Waals surface area contributed by atoms with Crippen molar-refractivity contribution in [3.8, 4) is 11.5 Å². The molecule has 1 aliphatic rings. The third-order valence-electron chi connectivity index (χ3n) is 5.09. The minimum absolute atomic E-state index is 0.754. The number of aromatic nitrogens is 2. The van der Waals surface area contributed by atoms with Crippen LogP contribution in [0.2, 0.25) is 0 Å². The molecule has 1 fully saturated rings. The Morgan fingerprint density at radius 3 is 2.41 bits per heavy atom. The number of benzene rings is 2. The average molecular weight is 390 g/mol. The van der Waals surface area contributed by atoms with E-state index in [1.165, 1.54) is 0 Å². The molecule has 0 saturated carbocycles. The summed E-state index contributed by atoms with van der Waals surface area (Å²) in [6.45, 7) is 9.34. The number of ether oxygens (including phenoxy) is 1. The van der Waals surface area contributed by atoms with Crippen LogP contribution in [0.3, 0.4) is 0 Å². The number of anilines is 3. The highest BCUT2D eigenvalue weighted by molar-refractivity contribution is 5.66. The SMILES string of the molecule is CCN1CCN(c2cc(Nc3ccccc3Oc3ccccc3)nc(C)n2)CC1. The fraction of sp³-hybridized carbons (Fsp3) is 0.304. The van der Waals surface area contributed by atoms with Crippen molar-refractivity contribution in [3.05, 3.63) is 66.5 Å². The second-order valence-corrected chi connectivity index (χ2v) is 7.12. The maximum atomic E-state index is 6.06. The van der Waals surface area contributed by atoms with Gasteiger partial charge in [0.15, 0.2) is 5.75 Å². The van der Waals surface area contributed by atoms with Gasteiger partial charge in [0.05, 0.1) is 5.69 Å². The van der Waals surface area contributed by atoms with E-state index in [4.69, 9.17) is 4.74 Å². The molecule has 1 saturated heterocycles. The number of nitrogens with zero attached hydrogens (tertiary/aromatic N) is 4. The van der Waals surface area contributed by atoms with Crippen molar-refractivity contribution in [3.63, 3.8) is 0 Å². The smallest absolute Gasteiger partial charge is 0.150 e. The monoisotopic (exact) mass is 389 g/mol. The topological polar surface area (TPSA) is 53.5 Å². The average Bonchev–Trinajstić information content (AvgIpc) is 2.75. The quantitative estimate of drug-likeness (QED) is 0.672. The van der Waals surface area contributed by atoms with Gasteiger partial charge in [0.2, 0.25) is 0 Å². The Hall–Kier alpha value is -3.12. The van der Waals surface area contributed by atoms with Crippen LogP contribution in [0.25, 0.3) is 0 Å². The molecule has 2 aromatic carbocycles. The lowest BCUT2D eigenvalue weighted by atomic mass is 10.2. The second-order valence-electron chi connectivity index (χ2n) is 7.12. The van der Waals surface area contributed by atoms with Crippen LogP contribution in [0, 0.1) is 6.92 Å². The molecular formula is C23H27N5O. The van der Waals surface area contributed by atoms with Crippen LogP contribution in [0.4, 0.5) is 17.3 Å². The van der Waals surface area contributed by atoms with Crippen LogP contribution in [0.15, 0.2) is 60.7 Å². The number of hydrogen-bond acceptors (Lipinski definition) is 6. The molecule has 0 atom stereocenters. The fourth-order valence-corrected chi connectivity index (χ4v) is 3.48. The summed E-state index contributed by atoms with van der Waals surface area (Å²) in [5.74, 6) is 4.05. The second kappa shape index (κ2) is 8.92. The van der Waals surface area contributed by atoms with Crippen molar-refractivity contribution >= 4 is 17.3 Å². The number of rotatable bonds is 6. The predicted molar refractivity (Wildman–Crippen MR) is 117 cm³/mol. The number of hydrogen-bond donors (Lipinski definition) is 1. The van der Waals surface area contributed by atoms with Gasteiger partial charge in [0.1, 0.15) is 23.2 Å². The zero-order valence-corrected chi connectivity index (χ0v) is 17.0. The first-order chi connectivity index (χ1) is 14.2. The molecule has 3 aromatic rings. The lowest BCUT2D eigenvalue weighted by Gasteiger charge is -2.34. The summed E-state index contributed by atoms with van der Waals surface area (Å²) in [6.07, 6.45) is 0. The number of aryl methyl sites for hydroxylation is 1. The van der Waals surface area contributed by atoms with Crippen molar-refractivity contribution in [1.29, 1.82) is 0 Å². The van der Waals surface area contributed by atoms with E-state index in [0.717, 1.165) is 67.4 Å². The molecule has 6 nitrogen and oxygen atoms in total. The zero-order chi connectivity index (χ0) is 20.1. The van der Waals surface area contributed by atoms with Crippen molar-refractivity contribution in [2.24, 2.45) is 0 Å². The Kier molecular flexibility index (Phi) is 5.91. The number of nitrogens with one attached hydrogen (secondary N) is 1. The summed E-state index contributed by atoms with van der Waals surface area (Å²) < 4.78 is 6.06. The molecular weight excluding hydrogens is 362 g/mol. The van der Waals surface area contributed by atoms with Crippen LogP contribution in [0.5, 0.6) is 11.5 Å². The van der Waals surface area contributed by atoms with Gasteiger partial charge in [-0.3, -0.25) is 0 Å². The van der Waals surface area contributed by atoms with Crippen molar-refractivity contribution < 1.29 is 4.74 Å². The highest BCUT2D eigenvalue weighted by Gasteiger charge is 2.18. The summed E-state index contributed by atoms with van der Waals surface area (Å²) >= 11 is 0. The molecule has 1 aliphatic heterocycles. The van der Waals surface area contributed by atoms with Gasteiger partial charge in [0.25, 0.3) is 0 Å². The van der Waals surface area contributed by atoms with Gasteiger partial charge in [-0.05, 0) is 37.7 Å². The van der Waals surface area contributed by atoms with Crippen molar-refractivity contribution in [2.75, 3.05) is 42.9 Å². The van der Waals surface area contributed by atoms with Gasteiger partial charge in [-0.2, -0.15) is 0 Å². The van der Waals surface area contributed by atoms with Crippen LogP contribution >= 0.6 is 0 Å². The number of likely N-dealkylation sites (N-methyl/N-ethyl adjacent to an activating group) is 1. The molecule has 0 unspecified atom stereocenters. The van der Waals surface area contributed by atoms with E-state index in [0.29, 0.717) is 0 Å². The van der Waals surface area contributed by atoms with E-state index >= 15 is 0 Å². The van der Waals surface area contributed by atoms with Crippen molar-refractivity contribution in [2.45, 2.75) is 13.8 Å². The fourth-order valence-electron chi connectivity index (χ4n) is 3.48. The van der Waals surface area contributed by atoms with Crippen LogP contribution < -0.4 is 15.0 Å². The van der Waals surface area contributed by atoms with Crippen LogP contribution in [-0.2, 0) is 0 Å². The van der Waals surface area contributed by atoms with Crippen LogP contribution in [0.1, 0.15) is 12.7 Å². The molecule has 150 valence electrons. The maximum Gasteiger partial charge on any atom is 0.150 e. The largest absolute Gasteiger partial charge is 0.455 e. The molecule has 29 heavy (non-hydrogen) atoms. The molecule has 1 N–H and O–H groups in total. The Labute approximate surface area is 172 Å².